The summed E-state index contributed by atoms with van der Waals surface area (Å²) in [5.41, 5.74) is 1.45. The highest BCUT2D eigenvalue weighted by Gasteiger charge is 2.05. The molecular weight excluding hydrogens is 120 g/mol. The Morgan fingerprint density at radius 3 is 3.20 bits per heavy atom. The summed E-state index contributed by atoms with van der Waals surface area (Å²) in [6, 6.07) is 0. The predicted molar refractivity (Wildman–Crippen MR) is 43.5 cm³/mol. The minimum absolute atomic E-state index is 1.26. The van der Waals surface area contributed by atoms with E-state index in [1.54, 1.807) is 0 Å². The highest BCUT2D eigenvalue weighted by molar-refractivity contribution is 5.47. The van der Waals surface area contributed by atoms with E-state index < -0.39 is 0 Å². The first-order chi connectivity index (χ1) is 4.97. The first kappa shape index (κ1) is 5.84. The topological polar surface area (TPSA) is 0 Å². The molecule has 0 unspecified atom stereocenters. The first-order valence-corrected chi connectivity index (χ1v) is 3.88. The maximum absolute atomic E-state index is 2.33. The fourth-order valence-electron chi connectivity index (χ4n) is 1.51. The van der Waals surface area contributed by atoms with Gasteiger partial charge in [0.25, 0.3) is 0 Å². The zero-order valence-electron chi connectivity index (χ0n) is 6.01. The lowest BCUT2D eigenvalue weighted by molar-refractivity contribution is 0.762. The molecule has 0 spiro atoms. The maximum Gasteiger partial charge on any atom is -0.0618 e. The van der Waals surface area contributed by atoms with Crippen molar-refractivity contribution in [1.82, 2.24) is 0 Å². The molecule has 0 heteroatoms. The second-order valence-electron chi connectivity index (χ2n) is 2.80. The van der Waals surface area contributed by atoms with Crippen molar-refractivity contribution in [2.75, 3.05) is 0 Å². The minimum atomic E-state index is 1.26. The Balaban J connectivity index is 2.27. The van der Waals surface area contributed by atoms with Crippen molar-refractivity contribution < 1.29 is 0 Å². The smallest absolute Gasteiger partial charge is 0.0618 e. The molecule has 0 amide bonds. The highest BCUT2D eigenvalue weighted by Crippen LogP contribution is 2.30. The number of hydrogen-bond acceptors (Lipinski definition) is 0. The quantitative estimate of drug-likeness (QED) is 0.443. The summed E-state index contributed by atoms with van der Waals surface area (Å²) in [5.74, 6) is 1.52. The molecule has 0 aromatic heterocycles. The van der Waals surface area contributed by atoms with Gasteiger partial charge in [-0.15, -0.1) is 35.8 Å². The van der Waals surface area contributed by atoms with Gasteiger partial charge >= 0.3 is 0 Å². The lowest BCUT2D eigenvalue weighted by Gasteiger charge is -2.28. The average Bonchev–Trinajstić information content (AvgIpc) is 2.05. The second kappa shape index (κ2) is 2.37. The van der Waals surface area contributed by atoms with Crippen LogP contribution in [0.1, 0.15) is 19.3 Å². The molecule has 0 saturated heterocycles. The lowest BCUT2D eigenvalue weighted by Crippen LogP contribution is -2.03. The molecular formula is C10H11-. The molecule has 10 heavy (non-hydrogen) atoms. The van der Waals surface area contributed by atoms with Gasteiger partial charge in [-0.1, -0.05) is 19.3 Å². The summed E-state index contributed by atoms with van der Waals surface area (Å²) in [6.45, 7) is 0. The van der Waals surface area contributed by atoms with Gasteiger partial charge in [0, 0.05) is 0 Å². The molecule has 52 valence electrons. The monoisotopic (exact) mass is 131 g/mol. The molecule has 0 radical (unpaired) electrons. The van der Waals surface area contributed by atoms with E-state index >= 15 is 0 Å². The van der Waals surface area contributed by atoms with Crippen LogP contribution in [0.15, 0.2) is 36.0 Å². The average molecular weight is 131 g/mol. The van der Waals surface area contributed by atoms with E-state index in [0.717, 1.165) is 0 Å². The van der Waals surface area contributed by atoms with Gasteiger partial charge < -0.3 is 0 Å². The Labute approximate surface area is 61.9 Å². The number of hydrogen-bond donors (Lipinski definition) is 0. The molecule has 0 aliphatic heterocycles. The van der Waals surface area contributed by atoms with Crippen LogP contribution >= 0.6 is 0 Å². The van der Waals surface area contributed by atoms with E-state index in [1.165, 1.54) is 30.8 Å². The third kappa shape index (κ3) is 0.900. The van der Waals surface area contributed by atoms with Gasteiger partial charge in [0.05, 0.1) is 0 Å². The Kier molecular flexibility index (Phi) is 1.39. The molecule has 2 aliphatic carbocycles. The molecule has 0 N–H and O–H groups in total. The van der Waals surface area contributed by atoms with Crippen LogP contribution in [0.5, 0.6) is 0 Å². The SMILES string of the molecule is C1=CC2=CCCC[C-]2C=C1. The van der Waals surface area contributed by atoms with E-state index in [2.05, 4.69) is 30.4 Å². The van der Waals surface area contributed by atoms with Crippen LogP contribution in [0, 0.1) is 5.92 Å². The van der Waals surface area contributed by atoms with Gasteiger partial charge in [0.15, 0.2) is 0 Å². The molecule has 0 aromatic carbocycles. The standard InChI is InChI=1S/C10H11/c1-2-6-10-8-4-3-7-9(10)5-1/h1-2,5-7H,3-4,8H2/q-1. The van der Waals surface area contributed by atoms with E-state index in [1.807, 2.05) is 0 Å². The van der Waals surface area contributed by atoms with Crippen LogP contribution in [0.3, 0.4) is 0 Å². The Morgan fingerprint density at radius 1 is 1.30 bits per heavy atom. The third-order valence-electron chi connectivity index (χ3n) is 2.07. The van der Waals surface area contributed by atoms with Gasteiger partial charge in [-0.3, -0.25) is 0 Å². The summed E-state index contributed by atoms with van der Waals surface area (Å²) < 4.78 is 0. The molecule has 0 nitrogen and oxygen atoms in total. The summed E-state index contributed by atoms with van der Waals surface area (Å²) >= 11 is 0. The molecule has 0 saturated carbocycles. The van der Waals surface area contributed by atoms with Crippen molar-refractivity contribution in [1.29, 1.82) is 0 Å². The summed E-state index contributed by atoms with van der Waals surface area (Å²) in [5, 5.41) is 0. The normalized spacial score (nSPS) is 22.4. The van der Waals surface area contributed by atoms with Crippen LogP contribution in [0.4, 0.5) is 0 Å². The Bertz CT molecular complexity index is 206. The maximum atomic E-state index is 2.33. The lowest BCUT2D eigenvalue weighted by atomic mass is 9.85. The molecule has 0 bridgehead atoms. The molecule has 2 aliphatic rings. The summed E-state index contributed by atoms with van der Waals surface area (Å²) in [4.78, 5) is 0. The zero-order valence-corrected chi connectivity index (χ0v) is 6.01. The minimum Gasteiger partial charge on any atom is -0.156 e. The van der Waals surface area contributed by atoms with E-state index in [0.29, 0.717) is 0 Å². The van der Waals surface area contributed by atoms with E-state index in [-0.39, 0.29) is 0 Å². The van der Waals surface area contributed by atoms with Crippen molar-refractivity contribution in [2.45, 2.75) is 19.3 Å². The Morgan fingerprint density at radius 2 is 2.30 bits per heavy atom. The van der Waals surface area contributed by atoms with Gasteiger partial charge in [-0.2, -0.15) is 6.08 Å². The number of allylic oxidation sites excluding steroid dienone is 6. The predicted octanol–water partition coefficient (Wildman–Crippen LogP) is 2.80. The van der Waals surface area contributed by atoms with Crippen molar-refractivity contribution in [3.8, 4) is 0 Å². The second-order valence-corrected chi connectivity index (χ2v) is 2.80. The van der Waals surface area contributed by atoms with Crippen LogP contribution in [0.25, 0.3) is 0 Å². The summed E-state index contributed by atoms with van der Waals surface area (Å²) in [7, 11) is 0. The number of rotatable bonds is 0. The van der Waals surface area contributed by atoms with Crippen LogP contribution in [0.2, 0.25) is 0 Å². The number of fused-ring (bicyclic) bond motifs is 1. The van der Waals surface area contributed by atoms with Crippen molar-refractivity contribution in [3.63, 3.8) is 0 Å². The van der Waals surface area contributed by atoms with Crippen molar-refractivity contribution in [2.24, 2.45) is 0 Å². The molecule has 0 atom stereocenters. The van der Waals surface area contributed by atoms with Gasteiger partial charge in [-0.05, 0) is 0 Å². The third-order valence-corrected chi connectivity index (χ3v) is 2.07. The Hall–Kier alpha value is -0.910. The fraction of sp³-hybridized carbons (Fsp3) is 0.300. The summed E-state index contributed by atoms with van der Waals surface area (Å²) in [6.07, 6.45) is 14.9. The van der Waals surface area contributed by atoms with Crippen LogP contribution in [-0.2, 0) is 0 Å². The highest BCUT2D eigenvalue weighted by atomic mass is 14.2. The van der Waals surface area contributed by atoms with Gasteiger partial charge in [-0.25, -0.2) is 0 Å². The molecule has 0 heterocycles. The van der Waals surface area contributed by atoms with E-state index in [9.17, 15) is 0 Å². The molecule has 0 fully saturated rings. The molecule has 2 rings (SSSR count). The van der Waals surface area contributed by atoms with Crippen LogP contribution < -0.4 is 0 Å². The fourth-order valence-corrected chi connectivity index (χ4v) is 1.51. The zero-order chi connectivity index (χ0) is 6.81. The van der Waals surface area contributed by atoms with E-state index in [4.69, 9.17) is 0 Å². The van der Waals surface area contributed by atoms with Gasteiger partial charge in [0.1, 0.15) is 0 Å². The largest absolute Gasteiger partial charge is 0.156 e. The van der Waals surface area contributed by atoms with Crippen LogP contribution in [-0.4, -0.2) is 0 Å². The van der Waals surface area contributed by atoms with Crippen molar-refractivity contribution in [3.05, 3.63) is 41.9 Å². The molecule has 0 aromatic rings. The van der Waals surface area contributed by atoms with Crippen molar-refractivity contribution >= 4 is 0 Å². The first-order valence-electron chi connectivity index (χ1n) is 3.88. The van der Waals surface area contributed by atoms with Gasteiger partial charge in [0.2, 0.25) is 0 Å².